The second-order valence-electron chi connectivity index (χ2n) is 7.50. The zero-order valence-electron chi connectivity index (χ0n) is 19.4. The number of ether oxygens (including phenoxy) is 3. The number of hydrogen-bond acceptors (Lipinski definition) is 10. The zero-order chi connectivity index (χ0) is 26.0. The van der Waals surface area contributed by atoms with Gasteiger partial charge in [0.2, 0.25) is 11.8 Å². The van der Waals surface area contributed by atoms with Crippen molar-refractivity contribution < 1.29 is 22.6 Å². The van der Waals surface area contributed by atoms with Crippen molar-refractivity contribution in [1.29, 1.82) is 0 Å². The first-order valence-corrected chi connectivity index (χ1v) is 12.5. The molecule has 0 aliphatic carbocycles. The van der Waals surface area contributed by atoms with E-state index in [-0.39, 0.29) is 21.9 Å². The van der Waals surface area contributed by atoms with Gasteiger partial charge in [0.15, 0.2) is 11.5 Å². The molecule has 0 radical (unpaired) electrons. The molecule has 0 fully saturated rings. The minimum atomic E-state index is -3.86. The molecule has 0 bridgehead atoms. The zero-order valence-corrected chi connectivity index (χ0v) is 21.1. The fraction of sp³-hybridized carbons (Fsp3) is 0.0870. The number of aromatic amines is 1. The minimum absolute atomic E-state index is 0.00115. The summed E-state index contributed by atoms with van der Waals surface area (Å²) < 4.78 is 44.1. The lowest BCUT2D eigenvalue weighted by Gasteiger charge is -2.11. The third-order valence-corrected chi connectivity index (χ3v) is 6.78. The van der Waals surface area contributed by atoms with Gasteiger partial charge in [-0.05, 0) is 48.6 Å². The van der Waals surface area contributed by atoms with Crippen molar-refractivity contribution >= 4 is 61.0 Å². The van der Waals surface area contributed by atoms with Gasteiger partial charge in [-0.2, -0.15) is 0 Å². The number of nitrogens with one attached hydrogen (secondary N) is 3. The molecular weight excluding hydrogens is 518 g/mol. The highest BCUT2D eigenvalue weighted by Gasteiger charge is 2.18. The number of nitrogens with zero attached hydrogens (tertiary/aromatic N) is 4. The molecule has 188 valence electrons. The second-order valence-corrected chi connectivity index (χ2v) is 9.55. The summed E-state index contributed by atoms with van der Waals surface area (Å²) >= 11 is 5.36. The smallest absolute Gasteiger partial charge is 0.268 e. The molecule has 3 heterocycles. The first-order chi connectivity index (χ1) is 17.9. The molecule has 0 atom stereocenters. The van der Waals surface area contributed by atoms with Crippen LogP contribution in [0.1, 0.15) is 0 Å². The minimum Gasteiger partial charge on any atom is -0.493 e. The number of thiocarbonyl (C=S) groups is 1. The number of anilines is 2. The molecule has 0 aliphatic rings. The highest BCUT2D eigenvalue weighted by atomic mass is 32.2. The average Bonchev–Trinajstić information content (AvgIpc) is 3.26. The van der Waals surface area contributed by atoms with Gasteiger partial charge < -0.3 is 24.5 Å². The number of benzene rings is 2. The molecule has 12 nitrogen and oxygen atoms in total. The van der Waals surface area contributed by atoms with Crippen molar-refractivity contribution in [2.45, 2.75) is 4.90 Å². The van der Waals surface area contributed by atoms with Gasteiger partial charge >= 0.3 is 0 Å². The summed E-state index contributed by atoms with van der Waals surface area (Å²) in [5, 5.41) is 4.29. The molecule has 0 saturated heterocycles. The normalized spacial score (nSPS) is 11.3. The van der Waals surface area contributed by atoms with Crippen LogP contribution in [0.25, 0.3) is 21.9 Å². The van der Waals surface area contributed by atoms with E-state index >= 15 is 0 Å². The van der Waals surface area contributed by atoms with Crippen LogP contribution in [0.4, 0.5) is 11.6 Å². The maximum Gasteiger partial charge on any atom is 0.268 e. The van der Waals surface area contributed by atoms with E-state index in [9.17, 15) is 8.42 Å². The lowest BCUT2D eigenvalue weighted by molar-refractivity contribution is 0.356. The third kappa shape index (κ3) is 4.92. The first-order valence-electron chi connectivity index (χ1n) is 10.6. The van der Waals surface area contributed by atoms with Gasteiger partial charge in [-0.3, -0.25) is 0 Å². The first kappa shape index (κ1) is 24.1. The van der Waals surface area contributed by atoms with Gasteiger partial charge in [0.25, 0.3) is 15.2 Å². The Morgan fingerprint density at radius 2 is 1.68 bits per heavy atom. The van der Waals surface area contributed by atoms with E-state index in [1.54, 1.807) is 44.6 Å². The van der Waals surface area contributed by atoms with E-state index in [1.165, 1.54) is 30.9 Å². The van der Waals surface area contributed by atoms with Crippen LogP contribution in [0, 0.1) is 0 Å². The Balaban J connectivity index is 1.35. The Kier molecular flexibility index (Phi) is 6.42. The van der Waals surface area contributed by atoms with Gasteiger partial charge in [-0.1, -0.05) is 0 Å². The third-order valence-electron chi connectivity index (χ3n) is 5.25. The Morgan fingerprint density at radius 1 is 0.973 bits per heavy atom. The van der Waals surface area contributed by atoms with Gasteiger partial charge in [0.1, 0.15) is 12.0 Å². The summed E-state index contributed by atoms with van der Waals surface area (Å²) in [6.45, 7) is 0. The van der Waals surface area contributed by atoms with Crippen LogP contribution in [0.3, 0.4) is 0 Å². The molecule has 3 aromatic heterocycles. The van der Waals surface area contributed by atoms with Crippen molar-refractivity contribution in [2.75, 3.05) is 24.3 Å². The maximum absolute atomic E-state index is 12.6. The molecule has 5 aromatic rings. The molecule has 0 aliphatic heterocycles. The number of H-pyrrole nitrogens is 1. The number of fused-ring (bicyclic) bond motifs is 3. The lowest BCUT2D eigenvalue weighted by Crippen LogP contribution is -2.18. The maximum atomic E-state index is 12.6. The Labute approximate surface area is 216 Å². The highest BCUT2D eigenvalue weighted by molar-refractivity contribution is 7.92. The summed E-state index contributed by atoms with van der Waals surface area (Å²) in [7, 11) is -0.758. The van der Waals surface area contributed by atoms with E-state index in [1.807, 2.05) is 0 Å². The molecule has 3 N–H and O–H groups in total. The highest BCUT2D eigenvalue weighted by Crippen LogP contribution is 2.37. The van der Waals surface area contributed by atoms with Gasteiger partial charge in [-0.25, -0.2) is 33.1 Å². The summed E-state index contributed by atoms with van der Waals surface area (Å²) in [5.41, 5.74) is 1.81. The van der Waals surface area contributed by atoms with Crippen molar-refractivity contribution in [3.8, 4) is 17.4 Å². The van der Waals surface area contributed by atoms with E-state index in [0.29, 0.717) is 28.2 Å². The molecule has 0 spiro atoms. The fourth-order valence-corrected chi connectivity index (χ4v) is 4.74. The van der Waals surface area contributed by atoms with Crippen molar-refractivity contribution in [2.24, 2.45) is 0 Å². The topological polar surface area (TPSA) is 153 Å². The number of hydrogen-bond donors (Lipinski definition) is 3. The summed E-state index contributed by atoms with van der Waals surface area (Å²) in [6, 6.07) is 11.1. The second kappa shape index (κ2) is 9.83. The molecule has 0 amide bonds. The largest absolute Gasteiger partial charge is 0.493 e. The van der Waals surface area contributed by atoms with E-state index < -0.39 is 10.0 Å². The molecule has 5 rings (SSSR count). The van der Waals surface area contributed by atoms with Crippen LogP contribution in [-0.4, -0.2) is 52.7 Å². The summed E-state index contributed by atoms with van der Waals surface area (Å²) in [6.07, 6.45) is 4.23. The fourth-order valence-electron chi connectivity index (χ4n) is 3.58. The summed E-state index contributed by atoms with van der Waals surface area (Å²) in [4.78, 5) is 19.5. The van der Waals surface area contributed by atoms with Gasteiger partial charge in [-0.15, -0.1) is 0 Å². The SMILES string of the molecule is COc1cc2[nH]c3ncnc(OC(=S)Nc4ccc(S(=O)(=O)Nc5ncccn5)cc4)c3c2cc1OC. The summed E-state index contributed by atoms with van der Waals surface area (Å²) in [5.74, 6) is 1.30. The number of rotatable bonds is 7. The monoisotopic (exact) mass is 537 g/mol. The predicted molar refractivity (Wildman–Crippen MR) is 141 cm³/mol. The molecule has 0 saturated carbocycles. The van der Waals surface area contributed by atoms with Gasteiger partial charge in [0.05, 0.1) is 30.0 Å². The van der Waals surface area contributed by atoms with E-state index in [2.05, 4.69) is 35.0 Å². The van der Waals surface area contributed by atoms with Crippen LogP contribution in [0.2, 0.25) is 0 Å². The average molecular weight is 538 g/mol. The quantitative estimate of drug-likeness (QED) is 0.261. The molecule has 0 unspecified atom stereocenters. The number of sulfonamides is 1. The van der Waals surface area contributed by atoms with Crippen LogP contribution in [0.5, 0.6) is 17.4 Å². The molecular formula is C23H19N7O5S2. The number of methoxy groups -OCH3 is 2. The van der Waals surface area contributed by atoms with Crippen LogP contribution in [0.15, 0.2) is 66.1 Å². The van der Waals surface area contributed by atoms with Crippen molar-refractivity contribution in [3.63, 3.8) is 0 Å². The predicted octanol–water partition coefficient (Wildman–Crippen LogP) is 3.49. The number of aromatic nitrogens is 5. The van der Waals surface area contributed by atoms with Gasteiger partial charge in [0, 0.05) is 29.5 Å². The van der Waals surface area contributed by atoms with E-state index in [4.69, 9.17) is 26.4 Å². The van der Waals surface area contributed by atoms with Crippen molar-refractivity contribution in [3.05, 3.63) is 61.2 Å². The van der Waals surface area contributed by atoms with Crippen LogP contribution >= 0.6 is 12.2 Å². The Hall–Kier alpha value is -4.56. The molecule has 37 heavy (non-hydrogen) atoms. The Bertz CT molecular complexity index is 1710. The Morgan fingerprint density at radius 3 is 2.38 bits per heavy atom. The van der Waals surface area contributed by atoms with Crippen molar-refractivity contribution in [1.82, 2.24) is 24.9 Å². The van der Waals surface area contributed by atoms with E-state index in [0.717, 1.165) is 10.9 Å². The molecule has 2 aromatic carbocycles. The lowest BCUT2D eigenvalue weighted by atomic mass is 10.2. The molecule has 14 heteroatoms. The van der Waals surface area contributed by atoms with Crippen LogP contribution in [-0.2, 0) is 10.0 Å². The van der Waals surface area contributed by atoms with Crippen LogP contribution < -0.4 is 24.2 Å². The standard InChI is InChI=1S/C23H19N7O5S2/c1-33-17-10-15-16(11-18(17)34-2)29-20-19(15)21(27-12-26-20)35-23(36)28-13-4-6-14(7-5-13)37(31,32)30-22-24-8-3-9-25-22/h3-12H,1-2H3,(H,28,36)(H,24,25,30)(H,26,27,29).